The van der Waals surface area contributed by atoms with E-state index in [1.807, 2.05) is 6.92 Å². The molecule has 0 bridgehead atoms. The molecule has 1 atom stereocenters. The van der Waals surface area contributed by atoms with Gasteiger partial charge in [-0.25, -0.2) is 8.42 Å². The van der Waals surface area contributed by atoms with E-state index in [0.29, 0.717) is 17.9 Å². The number of halogens is 2. The largest absolute Gasteiger partial charge is 0.394 e. The zero-order valence-corrected chi connectivity index (χ0v) is 13.8. The molecule has 1 aliphatic rings. The molecular weight excluding hydrogens is 386 g/mol. The predicted octanol–water partition coefficient (Wildman–Crippen LogP) is 2.66. The molecule has 0 N–H and O–H groups in total. The lowest BCUT2D eigenvalue weighted by molar-refractivity contribution is 0.176. The van der Waals surface area contributed by atoms with Gasteiger partial charge in [-0.2, -0.15) is 0 Å². The van der Waals surface area contributed by atoms with Crippen molar-refractivity contribution in [3.05, 3.63) is 27.7 Å². The van der Waals surface area contributed by atoms with Gasteiger partial charge in [0, 0.05) is 16.3 Å². The molecule has 0 amide bonds. The molecule has 0 fully saturated rings. The Morgan fingerprint density at radius 2 is 2.11 bits per heavy atom. The minimum Gasteiger partial charge on any atom is -0.394 e. The van der Waals surface area contributed by atoms with Crippen molar-refractivity contribution in [3.63, 3.8) is 0 Å². The fourth-order valence-corrected chi connectivity index (χ4v) is 3.50. The maximum atomic E-state index is 11.9. The zero-order valence-electron chi connectivity index (χ0n) is 9.78. The van der Waals surface area contributed by atoms with Crippen LogP contribution in [0.3, 0.4) is 0 Å². The average molecular weight is 397 g/mol. The van der Waals surface area contributed by atoms with E-state index >= 15 is 0 Å². The third-order valence-electron chi connectivity index (χ3n) is 2.70. The first-order valence-electron chi connectivity index (χ1n) is 5.16. The Hall–Kier alpha value is -0.400. The molecule has 0 aromatic heterocycles. The van der Waals surface area contributed by atoms with E-state index in [0.717, 1.165) is 10.0 Å². The van der Waals surface area contributed by atoms with Crippen molar-refractivity contribution in [2.24, 2.45) is 5.16 Å². The smallest absolute Gasteiger partial charge is 0.176 e. The molecule has 1 heterocycles. The lowest BCUT2D eigenvalue weighted by atomic mass is 10.0. The van der Waals surface area contributed by atoms with Gasteiger partial charge >= 0.3 is 0 Å². The first kappa shape index (κ1) is 14.0. The molecule has 1 aliphatic heterocycles. The second-order valence-electron chi connectivity index (χ2n) is 4.06. The lowest BCUT2D eigenvalue weighted by Crippen LogP contribution is -2.18. The van der Waals surface area contributed by atoms with Crippen LogP contribution < -0.4 is 0 Å². The number of benzene rings is 1. The Balaban J connectivity index is 2.75. The van der Waals surface area contributed by atoms with Crippen molar-refractivity contribution in [1.29, 1.82) is 0 Å². The second-order valence-corrected chi connectivity index (χ2v) is 8.00. The van der Waals surface area contributed by atoms with Gasteiger partial charge in [0.1, 0.15) is 12.3 Å². The molecule has 98 valence electrons. The summed E-state index contributed by atoms with van der Waals surface area (Å²) in [6.07, 6.45) is 1.19. The highest BCUT2D eigenvalue weighted by atomic mass is 79.9. The van der Waals surface area contributed by atoms with Crippen LogP contribution in [-0.2, 0) is 14.7 Å². The fourth-order valence-electron chi connectivity index (χ4n) is 1.80. The highest BCUT2D eigenvalue weighted by molar-refractivity contribution is 9.10. The molecule has 0 spiro atoms. The van der Waals surface area contributed by atoms with Crippen LogP contribution in [0, 0.1) is 6.92 Å². The summed E-state index contributed by atoms with van der Waals surface area (Å²) in [4.78, 5) is 5.20. The van der Waals surface area contributed by atoms with Crippen LogP contribution in [0.15, 0.2) is 26.7 Å². The molecular formula is C11H11Br2NO3S. The number of hydrogen-bond donors (Lipinski definition) is 0. The first-order chi connectivity index (χ1) is 8.32. The van der Waals surface area contributed by atoms with Crippen molar-refractivity contribution in [2.75, 3.05) is 12.9 Å². The number of nitrogens with zero attached hydrogens (tertiary/aromatic N) is 1. The van der Waals surface area contributed by atoms with Gasteiger partial charge in [0.05, 0.1) is 9.72 Å². The average Bonchev–Trinajstić information content (AvgIpc) is 2.66. The van der Waals surface area contributed by atoms with Crippen molar-refractivity contribution in [1.82, 2.24) is 0 Å². The molecule has 4 nitrogen and oxygen atoms in total. The van der Waals surface area contributed by atoms with Crippen LogP contribution in [0.2, 0.25) is 0 Å². The normalized spacial score (nSPS) is 19.6. The number of hydrogen-bond acceptors (Lipinski definition) is 4. The summed E-state index contributed by atoms with van der Waals surface area (Å²) >= 11 is 6.84. The molecule has 0 aliphatic carbocycles. The maximum absolute atomic E-state index is 11.9. The van der Waals surface area contributed by atoms with E-state index in [1.165, 1.54) is 6.26 Å². The molecule has 18 heavy (non-hydrogen) atoms. The van der Waals surface area contributed by atoms with Crippen LogP contribution >= 0.6 is 31.9 Å². The van der Waals surface area contributed by atoms with Gasteiger partial charge in [-0.1, -0.05) is 37.0 Å². The summed E-state index contributed by atoms with van der Waals surface area (Å²) < 4.78 is 24.6. The molecule has 0 radical (unpaired) electrons. The lowest BCUT2D eigenvalue weighted by Gasteiger charge is -2.13. The number of alkyl halides is 1. The first-order valence-corrected chi connectivity index (χ1v) is 8.76. The standard InChI is InChI=1S/C11H11Br2NO3S/c1-6-7(12)3-4-9(18(2,15)16)10(6)11-8(13)5-17-14-11/h3-4,8H,5H2,1-2H3. The van der Waals surface area contributed by atoms with Crippen molar-refractivity contribution in [2.45, 2.75) is 16.6 Å². The molecule has 1 unspecified atom stereocenters. The number of rotatable bonds is 2. The maximum Gasteiger partial charge on any atom is 0.176 e. The molecule has 2 rings (SSSR count). The van der Waals surface area contributed by atoms with E-state index < -0.39 is 9.84 Å². The van der Waals surface area contributed by atoms with Crippen LogP contribution in [-0.4, -0.2) is 31.8 Å². The zero-order chi connectivity index (χ0) is 13.5. The third-order valence-corrected chi connectivity index (χ3v) is 5.39. The summed E-state index contributed by atoms with van der Waals surface area (Å²) in [6, 6.07) is 3.32. The summed E-state index contributed by atoms with van der Waals surface area (Å²) in [5.74, 6) is 0. The predicted molar refractivity (Wildman–Crippen MR) is 77.2 cm³/mol. The number of oxime groups is 1. The van der Waals surface area contributed by atoms with Crippen molar-refractivity contribution in [3.8, 4) is 0 Å². The van der Waals surface area contributed by atoms with Crippen molar-refractivity contribution < 1.29 is 13.3 Å². The van der Waals surface area contributed by atoms with Gasteiger partial charge in [0.25, 0.3) is 0 Å². The van der Waals surface area contributed by atoms with Crippen LogP contribution in [0.25, 0.3) is 0 Å². The van der Waals surface area contributed by atoms with Crippen molar-refractivity contribution >= 4 is 47.4 Å². The highest BCUT2D eigenvalue weighted by Gasteiger charge is 2.29. The van der Waals surface area contributed by atoms with Gasteiger partial charge in [-0.3, -0.25) is 0 Å². The Morgan fingerprint density at radius 3 is 2.61 bits per heavy atom. The molecule has 7 heteroatoms. The van der Waals surface area contributed by atoms with E-state index in [1.54, 1.807) is 12.1 Å². The minimum absolute atomic E-state index is 0.0917. The Kier molecular flexibility index (Phi) is 3.85. The quantitative estimate of drug-likeness (QED) is 0.722. The summed E-state index contributed by atoms with van der Waals surface area (Å²) in [5, 5.41) is 3.95. The van der Waals surface area contributed by atoms with Gasteiger partial charge in [0.2, 0.25) is 0 Å². The molecule has 0 saturated heterocycles. The van der Waals surface area contributed by atoms with Gasteiger partial charge < -0.3 is 4.84 Å². The Morgan fingerprint density at radius 1 is 1.44 bits per heavy atom. The van der Waals surface area contributed by atoms with Crippen LogP contribution in [0.4, 0.5) is 0 Å². The highest BCUT2D eigenvalue weighted by Crippen LogP contribution is 2.30. The molecule has 1 aromatic rings. The topological polar surface area (TPSA) is 55.7 Å². The van der Waals surface area contributed by atoms with Crippen LogP contribution in [0.5, 0.6) is 0 Å². The Labute approximate surface area is 123 Å². The summed E-state index contributed by atoms with van der Waals surface area (Å²) in [7, 11) is -3.31. The second kappa shape index (κ2) is 4.94. The molecule has 0 saturated carbocycles. The SMILES string of the molecule is Cc1c(Br)ccc(S(C)(=O)=O)c1C1=NOCC1Br. The van der Waals surface area contributed by atoms with Crippen LogP contribution in [0.1, 0.15) is 11.1 Å². The van der Waals surface area contributed by atoms with Gasteiger partial charge in [0.15, 0.2) is 9.84 Å². The van der Waals surface area contributed by atoms with E-state index in [4.69, 9.17) is 4.84 Å². The molecule has 1 aromatic carbocycles. The summed E-state index contributed by atoms with van der Waals surface area (Å²) in [5.41, 5.74) is 2.08. The monoisotopic (exact) mass is 395 g/mol. The summed E-state index contributed by atoms with van der Waals surface area (Å²) in [6.45, 7) is 2.26. The minimum atomic E-state index is -3.31. The van der Waals surface area contributed by atoms with Gasteiger partial charge in [-0.05, 0) is 24.6 Å². The fraction of sp³-hybridized carbons (Fsp3) is 0.364. The van der Waals surface area contributed by atoms with E-state index in [-0.39, 0.29) is 9.72 Å². The van der Waals surface area contributed by atoms with E-state index in [9.17, 15) is 8.42 Å². The Bertz CT molecular complexity index is 625. The van der Waals surface area contributed by atoms with E-state index in [2.05, 4.69) is 37.0 Å². The van der Waals surface area contributed by atoms with Gasteiger partial charge in [-0.15, -0.1) is 0 Å². The third kappa shape index (κ3) is 2.48. The number of sulfone groups is 1.